The van der Waals surface area contributed by atoms with Crippen molar-refractivity contribution in [2.24, 2.45) is 5.73 Å². The van der Waals surface area contributed by atoms with Gasteiger partial charge < -0.3 is 10.6 Å². The van der Waals surface area contributed by atoms with Crippen LogP contribution in [0.3, 0.4) is 0 Å². The lowest BCUT2D eigenvalue weighted by Gasteiger charge is -2.19. The maximum Gasteiger partial charge on any atom is 0.0318 e. The average molecular weight is 285 g/mol. The zero-order chi connectivity index (χ0) is 12.0. The predicted octanol–water partition coefficient (Wildman–Crippen LogP) is 3.18. The first kappa shape index (κ1) is 13.7. The summed E-state index contributed by atoms with van der Waals surface area (Å²) in [6.45, 7) is 4.39. The zero-order valence-corrected chi connectivity index (χ0v) is 11.7. The smallest absolute Gasteiger partial charge is 0.0318 e. The first-order valence-electron chi connectivity index (χ1n) is 5.83. The first-order valence-corrected chi connectivity index (χ1v) is 6.63. The van der Waals surface area contributed by atoms with Crippen LogP contribution in [0.15, 0.2) is 28.7 Å². The van der Waals surface area contributed by atoms with E-state index in [0.29, 0.717) is 0 Å². The van der Waals surface area contributed by atoms with E-state index in [1.807, 2.05) is 18.2 Å². The van der Waals surface area contributed by atoms with Gasteiger partial charge in [0.1, 0.15) is 0 Å². The molecule has 0 aliphatic heterocycles. The van der Waals surface area contributed by atoms with Crippen molar-refractivity contribution >= 4 is 15.9 Å². The molecule has 0 spiro atoms. The van der Waals surface area contributed by atoms with Crippen molar-refractivity contribution in [1.82, 2.24) is 4.90 Å². The van der Waals surface area contributed by atoms with Crippen LogP contribution in [0.2, 0.25) is 0 Å². The van der Waals surface area contributed by atoms with E-state index >= 15 is 0 Å². The number of hydrogen-bond acceptors (Lipinski definition) is 2. The fourth-order valence-corrected chi connectivity index (χ4v) is 2.36. The number of halogens is 1. The van der Waals surface area contributed by atoms with Gasteiger partial charge in [-0.05, 0) is 44.6 Å². The maximum atomic E-state index is 6.18. The fraction of sp³-hybridized carbons (Fsp3) is 0.538. The number of nitrogens with two attached hydrogens (primary N) is 1. The third-order valence-corrected chi connectivity index (χ3v) is 3.45. The van der Waals surface area contributed by atoms with Gasteiger partial charge in [-0.3, -0.25) is 0 Å². The number of benzene rings is 1. The van der Waals surface area contributed by atoms with Crippen molar-refractivity contribution in [2.75, 3.05) is 20.1 Å². The normalized spacial score (nSPS) is 13.1. The van der Waals surface area contributed by atoms with Crippen LogP contribution in [-0.2, 0) is 0 Å². The van der Waals surface area contributed by atoms with E-state index in [1.54, 1.807) is 0 Å². The lowest BCUT2D eigenvalue weighted by atomic mass is 10.0. The first-order chi connectivity index (χ1) is 7.65. The molecule has 0 fully saturated rings. The Kier molecular flexibility index (Phi) is 6.03. The minimum atomic E-state index is 0.120. The zero-order valence-electron chi connectivity index (χ0n) is 10.1. The summed E-state index contributed by atoms with van der Waals surface area (Å²) in [5.41, 5.74) is 7.38. The number of rotatable bonds is 6. The Labute approximate surface area is 107 Å². The SMILES string of the molecule is CCCN(C)CCC(N)c1ccccc1Br. The largest absolute Gasteiger partial charge is 0.324 e. The molecular formula is C13H21BrN2. The van der Waals surface area contributed by atoms with Crippen molar-refractivity contribution < 1.29 is 0 Å². The molecule has 0 aromatic heterocycles. The van der Waals surface area contributed by atoms with Gasteiger partial charge in [0.15, 0.2) is 0 Å². The Hall–Kier alpha value is -0.380. The molecule has 0 aliphatic rings. The highest BCUT2D eigenvalue weighted by Crippen LogP contribution is 2.23. The van der Waals surface area contributed by atoms with E-state index < -0.39 is 0 Å². The van der Waals surface area contributed by atoms with Gasteiger partial charge in [0.2, 0.25) is 0 Å². The van der Waals surface area contributed by atoms with E-state index in [0.717, 1.165) is 24.0 Å². The summed E-state index contributed by atoms with van der Waals surface area (Å²) in [7, 11) is 2.15. The third kappa shape index (κ3) is 4.24. The summed E-state index contributed by atoms with van der Waals surface area (Å²) < 4.78 is 1.11. The maximum absolute atomic E-state index is 6.18. The molecule has 90 valence electrons. The molecule has 16 heavy (non-hydrogen) atoms. The van der Waals surface area contributed by atoms with E-state index in [2.05, 4.69) is 40.9 Å². The molecule has 2 nitrogen and oxygen atoms in total. The van der Waals surface area contributed by atoms with Crippen LogP contribution < -0.4 is 5.73 Å². The molecule has 0 saturated carbocycles. The molecule has 0 heterocycles. The van der Waals surface area contributed by atoms with Crippen LogP contribution in [0.1, 0.15) is 31.4 Å². The summed E-state index contributed by atoms with van der Waals surface area (Å²) in [6.07, 6.45) is 2.19. The molecule has 0 radical (unpaired) electrons. The molecule has 0 bridgehead atoms. The molecule has 0 aliphatic carbocycles. The lowest BCUT2D eigenvalue weighted by Crippen LogP contribution is -2.24. The second kappa shape index (κ2) is 7.05. The van der Waals surface area contributed by atoms with Crippen LogP contribution in [0.25, 0.3) is 0 Å². The molecule has 1 unspecified atom stereocenters. The molecular weight excluding hydrogens is 264 g/mol. The highest BCUT2D eigenvalue weighted by Gasteiger charge is 2.09. The highest BCUT2D eigenvalue weighted by molar-refractivity contribution is 9.10. The van der Waals surface area contributed by atoms with E-state index in [9.17, 15) is 0 Å². The van der Waals surface area contributed by atoms with Crippen LogP contribution in [0, 0.1) is 0 Å². The minimum Gasteiger partial charge on any atom is -0.324 e. The Morgan fingerprint density at radius 3 is 2.62 bits per heavy atom. The number of hydrogen-bond donors (Lipinski definition) is 1. The van der Waals surface area contributed by atoms with Crippen molar-refractivity contribution in [2.45, 2.75) is 25.8 Å². The summed E-state index contributed by atoms with van der Waals surface area (Å²) in [5.74, 6) is 0. The van der Waals surface area contributed by atoms with E-state index in [4.69, 9.17) is 5.73 Å². The summed E-state index contributed by atoms with van der Waals surface area (Å²) in [4.78, 5) is 2.33. The van der Waals surface area contributed by atoms with Gasteiger partial charge in [-0.15, -0.1) is 0 Å². The van der Waals surface area contributed by atoms with E-state index in [1.165, 1.54) is 12.0 Å². The second-order valence-electron chi connectivity index (χ2n) is 4.22. The molecule has 0 amide bonds. The molecule has 1 atom stereocenters. The van der Waals surface area contributed by atoms with E-state index in [-0.39, 0.29) is 6.04 Å². The Balaban J connectivity index is 2.46. The molecule has 1 rings (SSSR count). The Morgan fingerprint density at radius 2 is 2.00 bits per heavy atom. The Morgan fingerprint density at radius 1 is 1.31 bits per heavy atom. The van der Waals surface area contributed by atoms with Gasteiger partial charge in [-0.25, -0.2) is 0 Å². The Bertz CT molecular complexity index is 315. The molecule has 3 heteroatoms. The fourth-order valence-electron chi connectivity index (χ4n) is 1.78. The van der Waals surface area contributed by atoms with Crippen LogP contribution in [0.4, 0.5) is 0 Å². The van der Waals surface area contributed by atoms with Gasteiger partial charge in [0.05, 0.1) is 0 Å². The summed E-state index contributed by atoms with van der Waals surface area (Å²) in [6, 6.07) is 8.31. The molecule has 2 N–H and O–H groups in total. The standard InChI is InChI=1S/C13H21BrN2/c1-3-9-16(2)10-8-13(15)11-6-4-5-7-12(11)14/h4-7,13H,3,8-10,15H2,1-2H3. The lowest BCUT2D eigenvalue weighted by molar-refractivity contribution is 0.319. The third-order valence-electron chi connectivity index (χ3n) is 2.73. The van der Waals surface area contributed by atoms with Gasteiger partial charge in [0, 0.05) is 10.5 Å². The highest BCUT2D eigenvalue weighted by atomic mass is 79.9. The van der Waals surface area contributed by atoms with Gasteiger partial charge >= 0.3 is 0 Å². The molecule has 0 saturated heterocycles. The van der Waals surface area contributed by atoms with Crippen LogP contribution in [0.5, 0.6) is 0 Å². The van der Waals surface area contributed by atoms with Crippen LogP contribution >= 0.6 is 15.9 Å². The minimum absolute atomic E-state index is 0.120. The monoisotopic (exact) mass is 284 g/mol. The topological polar surface area (TPSA) is 29.3 Å². The van der Waals surface area contributed by atoms with Crippen molar-refractivity contribution in [3.63, 3.8) is 0 Å². The van der Waals surface area contributed by atoms with Crippen LogP contribution in [-0.4, -0.2) is 25.0 Å². The summed E-state index contributed by atoms with van der Waals surface area (Å²) >= 11 is 3.54. The molecule has 1 aromatic carbocycles. The van der Waals surface area contributed by atoms with Crippen molar-refractivity contribution in [3.05, 3.63) is 34.3 Å². The van der Waals surface area contributed by atoms with Crippen molar-refractivity contribution in [3.8, 4) is 0 Å². The van der Waals surface area contributed by atoms with Gasteiger partial charge in [0.25, 0.3) is 0 Å². The average Bonchev–Trinajstić information content (AvgIpc) is 2.27. The number of nitrogens with zero attached hydrogens (tertiary/aromatic N) is 1. The second-order valence-corrected chi connectivity index (χ2v) is 5.07. The summed E-state index contributed by atoms with van der Waals surface area (Å²) in [5, 5.41) is 0. The predicted molar refractivity (Wildman–Crippen MR) is 73.5 cm³/mol. The van der Waals surface area contributed by atoms with Crippen molar-refractivity contribution in [1.29, 1.82) is 0 Å². The quantitative estimate of drug-likeness (QED) is 0.869. The molecule has 1 aromatic rings. The van der Waals surface area contributed by atoms with Gasteiger partial charge in [-0.2, -0.15) is 0 Å². The van der Waals surface area contributed by atoms with Gasteiger partial charge in [-0.1, -0.05) is 41.1 Å².